The van der Waals surface area contributed by atoms with Crippen molar-refractivity contribution in [3.63, 3.8) is 0 Å². The molecule has 2 aromatic rings. The van der Waals surface area contributed by atoms with E-state index >= 15 is 0 Å². The van der Waals surface area contributed by atoms with Gasteiger partial charge in [-0.2, -0.15) is 0 Å². The zero-order valence-corrected chi connectivity index (χ0v) is 13.2. The van der Waals surface area contributed by atoms with Crippen molar-refractivity contribution < 1.29 is 4.79 Å². The third-order valence-corrected chi connectivity index (χ3v) is 3.32. The molecule has 3 nitrogen and oxygen atoms in total. The van der Waals surface area contributed by atoms with Crippen molar-refractivity contribution in [1.82, 2.24) is 5.32 Å². The van der Waals surface area contributed by atoms with Gasteiger partial charge in [0, 0.05) is 23.1 Å². The molecule has 3 N–H and O–H groups in total. The Hall–Kier alpha value is -1.36. The minimum Gasteiger partial charge on any atom is -0.348 e. The first-order valence-corrected chi connectivity index (χ1v) is 6.80. The summed E-state index contributed by atoms with van der Waals surface area (Å²) in [5.74, 6) is -0.0781. The van der Waals surface area contributed by atoms with Gasteiger partial charge in [0.1, 0.15) is 0 Å². The van der Waals surface area contributed by atoms with Gasteiger partial charge in [-0.1, -0.05) is 40.2 Å². The molecule has 0 heterocycles. The summed E-state index contributed by atoms with van der Waals surface area (Å²) in [7, 11) is 0. The summed E-state index contributed by atoms with van der Waals surface area (Å²) in [6, 6.07) is 15.2. The number of hydrogen-bond donors (Lipinski definition) is 2. The third-order valence-electron chi connectivity index (χ3n) is 2.79. The molecule has 0 fully saturated rings. The lowest BCUT2D eigenvalue weighted by molar-refractivity contribution is 0.0951. The fourth-order valence-electron chi connectivity index (χ4n) is 1.75. The molecular formula is C15H16BrClN2O. The molecule has 20 heavy (non-hydrogen) atoms. The van der Waals surface area contributed by atoms with E-state index in [1.807, 2.05) is 36.4 Å². The van der Waals surface area contributed by atoms with Crippen LogP contribution in [0.3, 0.4) is 0 Å². The van der Waals surface area contributed by atoms with Crippen molar-refractivity contribution in [2.24, 2.45) is 5.73 Å². The number of halogens is 2. The highest BCUT2D eigenvalue weighted by atomic mass is 79.9. The summed E-state index contributed by atoms with van der Waals surface area (Å²) in [4.78, 5) is 11.9. The zero-order chi connectivity index (χ0) is 13.7. The second-order valence-electron chi connectivity index (χ2n) is 4.21. The Balaban J connectivity index is 0.00000200. The van der Waals surface area contributed by atoms with E-state index in [2.05, 4.69) is 21.2 Å². The maximum absolute atomic E-state index is 11.9. The van der Waals surface area contributed by atoms with Crippen LogP contribution in [0.25, 0.3) is 0 Å². The Morgan fingerprint density at radius 1 is 1.10 bits per heavy atom. The molecule has 0 atom stereocenters. The second-order valence-corrected chi connectivity index (χ2v) is 5.13. The lowest BCUT2D eigenvalue weighted by Gasteiger charge is -2.07. The number of nitrogens with one attached hydrogen (secondary N) is 1. The highest BCUT2D eigenvalue weighted by molar-refractivity contribution is 9.10. The molecule has 1 amide bonds. The molecule has 0 saturated heterocycles. The van der Waals surface area contributed by atoms with Gasteiger partial charge in [-0.3, -0.25) is 4.79 Å². The Bertz CT molecular complexity index is 572. The van der Waals surface area contributed by atoms with Gasteiger partial charge in [-0.25, -0.2) is 0 Å². The van der Waals surface area contributed by atoms with Gasteiger partial charge in [0.2, 0.25) is 0 Å². The second kappa shape index (κ2) is 8.04. The predicted octanol–water partition coefficient (Wildman–Crippen LogP) is 3.26. The van der Waals surface area contributed by atoms with Crippen molar-refractivity contribution in [3.05, 3.63) is 69.7 Å². The zero-order valence-electron chi connectivity index (χ0n) is 10.8. The third kappa shape index (κ3) is 4.63. The SMILES string of the molecule is Cl.NCc1cccc(CNC(=O)c2ccc(Br)cc2)c1. The van der Waals surface area contributed by atoms with E-state index in [0.29, 0.717) is 18.7 Å². The molecule has 0 radical (unpaired) electrons. The van der Waals surface area contributed by atoms with Gasteiger partial charge in [0.05, 0.1) is 0 Å². The molecule has 0 bridgehead atoms. The first-order valence-electron chi connectivity index (χ1n) is 6.00. The molecule has 2 aromatic carbocycles. The van der Waals surface area contributed by atoms with Crippen LogP contribution in [0.2, 0.25) is 0 Å². The minimum atomic E-state index is -0.0781. The number of benzene rings is 2. The van der Waals surface area contributed by atoms with Crippen LogP contribution >= 0.6 is 28.3 Å². The van der Waals surface area contributed by atoms with Crippen LogP contribution in [0, 0.1) is 0 Å². The fraction of sp³-hybridized carbons (Fsp3) is 0.133. The highest BCUT2D eigenvalue weighted by Gasteiger charge is 2.04. The van der Waals surface area contributed by atoms with E-state index in [1.165, 1.54) is 0 Å². The number of carbonyl (C=O) groups excluding carboxylic acids is 1. The normalized spacial score (nSPS) is 9.70. The topological polar surface area (TPSA) is 55.1 Å². The Morgan fingerprint density at radius 2 is 1.75 bits per heavy atom. The van der Waals surface area contributed by atoms with Crippen LogP contribution in [0.1, 0.15) is 21.5 Å². The standard InChI is InChI=1S/C15H15BrN2O.ClH/c16-14-6-4-13(5-7-14)15(19)18-10-12-3-1-2-11(8-12)9-17;/h1-8H,9-10,17H2,(H,18,19);1H. The van der Waals surface area contributed by atoms with E-state index in [9.17, 15) is 4.79 Å². The van der Waals surface area contributed by atoms with E-state index in [1.54, 1.807) is 12.1 Å². The monoisotopic (exact) mass is 354 g/mol. The smallest absolute Gasteiger partial charge is 0.251 e. The van der Waals surface area contributed by atoms with Crippen molar-refractivity contribution >= 4 is 34.2 Å². The number of hydrogen-bond acceptors (Lipinski definition) is 2. The van der Waals surface area contributed by atoms with Crippen LogP contribution < -0.4 is 11.1 Å². The number of nitrogens with two attached hydrogens (primary N) is 1. The first-order chi connectivity index (χ1) is 9.19. The van der Waals surface area contributed by atoms with E-state index < -0.39 is 0 Å². The van der Waals surface area contributed by atoms with Crippen molar-refractivity contribution in [2.75, 3.05) is 0 Å². The van der Waals surface area contributed by atoms with Gasteiger partial charge in [-0.15, -0.1) is 12.4 Å². The number of carbonyl (C=O) groups is 1. The van der Waals surface area contributed by atoms with Crippen molar-refractivity contribution in [3.8, 4) is 0 Å². The predicted molar refractivity (Wildman–Crippen MR) is 86.9 cm³/mol. The lowest BCUT2D eigenvalue weighted by atomic mass is 10.1. The maximum atomic E-state index is 11.9. The Morgan fingerprint density at radius 3 is 2.40 bits per heavy atom. The van der Waals surface area contributed by atoms with Gasteiger partial charge in [0.15, 0.2) is 0 Å². The summed E-state index contributed by atoms with van der Waals surface area (Å²) in [6.45, 7) is 1.01. The molecule has 0 unspecified atom stereocenters. The van der Waals surface area contributed by atoms with Gasteiger partial charge in [0.25, 0.3) is 5.91 Å². The quantitative estimate of drug-likeness (QED) is 0.884. The molecule has 0 aliphatic heterocycles. The molecule has 0 aliphatic rings. The van der Waals surface area contributed by atoms with E-state index in [-0.39, 0.29) is 18.3 Å². The molecule has 0 aromatic heterocycles. The summed E-state index contributed by atoms with van der Waals surface area (Å²) >= 11 is 3.34. The molecule has 0 saturated carbocycles. The summed E-state index contributed by atoms with van der Waals surface area (Å²) < 4.78 is 0.958. The van der Waals surface area contributed by atoms with Gasteiger partial charge in [-0.05, 0) is 35.4 Å². The maximum Gasteiger partial charge on any atom is 0.251 e. The average molecular weight is 356 g/mol. The fourth-order valence-corrected chi connectivity index (χ4v) is 2.02. The Kier molecular flexibility index (Phi) is 6.71. The Labute approximate surface area is 133 Å². The highest BCUT2D eigenvalue weighted by Crippen LogP contribution is 2.11. The number of rotatable bonds is 4. The lowest BCUT2D eigenvalue weighted by Crippen LogP contribution is -2.22. The summed E-state index contributed by atoms with van der Waals surface area (Å²) in [5, 5.41) is 2.89. The van der Waals surface area contributed by atoms with E-state index in [4.69, 9.17) is 5.73 Å². The van der Waals surface area contributed by atoms with E-state index in [0.717, 1.165) is 15.6 Å². The molecule has 2 rings (SSSR count). The summed E-state index contributed by atoms with van der Waals surface area (Å²) in [6.07, 6.45) is 0. The van der Waals surface area contributed by atoms with Crippen LogP contribution in [0.4, 0.5) is 0 Å². The first kappa shape index (κ1) is 16.7. The summed E-state index contributed by atoms with van der Waals surface area (Å²) in [5.41, 5.74) is 8.35. The number of amides is 1. The minimum absolute atomic E-state index is 0. The largest absolute Gasteiger partial charge is 0.348 e. The molecule has 106 valence electrons. The average Bonchev–Trinajstić information content (AvgIpc) is 2.46. The van der Waals surface area contributed by atoms with Crippen molar-refractivity contribution in [1.29, 1.82) is 0 Å². The van der Waals surface area contributed by atoms with Gasteiger partial charge >= 0.3 is 0 Å². The molecule has 0 aliphatic carbocycles. The van der Waals surface area contributed by atoms with Gasteiger partial charge < -0.3 is 11.1 Å². The molecule has 0 spiro atoms. The molecular weight excluding hydrogens is 340 g/mol. The van der Waals surface area contributed by atoms with Crippen LogP contribution in [-0.4, -0.2) is 5.91 Å². The molecule has 5 heteroatoms. The van der Waals surface area contributed by atoms with Crippen LogP contribution in [0.5, 0.6) is 0 Å². The van der Waals surface area contributed by atoms with Crippen molar-refractivity contribution in [2.45, 2.75) is 13.1 Å². The van der Waals surface area contributed by atoms with Crippen LogP contribution in [-0.2, 0) is 13.1 Å². The van der Waals surface area contributed by atoms with Crippen LogP contribution in [0.15, 0.2) is 53.0 Å².